The summed E-state index contributed by atoms with van der Waals surface area (Å²) in [5, 5.41) is 0. The number of nitrogens with two attached hydrogens (primary N) is 2. The summed E-state index contributed by atoms with van der Waals surface area (Å²) in [6.45, 7) is 24.2. The lowest BCUT2D eigenvalue weighted by molar-refractivity contribution is -0.153. The Kier molecular flexibility index (Phi) is 17.6. The Morgan fingerprint density at radius 2 is 1.58 bits per heavy atom. The predicted molar refractivity (Wildman–Crippen MR) is 223 cm³/mol. The van der Waals surface area contributed by atoms with Crippen molar-refractivity contribution in [3.8, 4) is 0 Å². The van der Waals surface area contributed by atoms with Crippen molar-refractivity contribution < 1.29 is 14.3 Å². The molecule has 6 nitrogen and oxygen atoms in total. The van der Waals surface area contributed by atoms with Crippen molar-refractivity contribution in [1.29, 1.82) is 0 Å². The maximum absolute atomic E-state index is 13.3. The van der Waals surface area contributed by atoms with Gasteiger partial charge in [0.25, 0.3) is 0 Å². The van der Waals surface area contributed by atoms with Crippen LogP contribution in [0.15, 0.2) is 11.6 Å². The van der Waals surface area contributed by atoms with E-state index in [0.717, 1.165) is 73.5 Å². The first-order chi connectivity index (χ1) is 23.3. The van der Waals surface area contributed by atoms with E-state index in [1.54, 1.807) is 5.57 Å². The summed E-state index contributed by atoms with van der Waals surface area (Å²) in [5.74, 6) is 5.53. The number of rotatable bonds is 17. The minimum Gasteiger partial charge on any atom is -0.462 e. The van der Waals surface area contributed by atoms with Gasteiger partial charge < -0.3 is 21.1 Å². The Hall–Kier alpha value is -0.820. The van der Waals surface area contributed by atoms with Crippen LogP contribution in [0.5, 0.6) is 0 Å². The molecule has 7 unspecified atom stereocenters. The van der Waals surface area contributed by atoms with Crippen molar-refractivity contribution in [2.24, 2.45) is 63.7 Å². The fourth-order valence-corrected chi connectivity index (χ4v) is 11.5. The van der Waals surface area contributed by atoms with Crippen molar-refractivity contribution in [3.63, 3.8) is 0 Å². The van der Waals surface area contributed by atoms with E-state index < -0.39 is 0 Å². The van der Waals surface area contributed by atoms with Gasteiger partial charge in [-0.3, -0.25) is 9.59 Å². The number of esters is 1. The number of allylic oxidation sites excluding steroid dienone is 1. The van der Waals surface area contributed by atoms with Crippen LogP contribution in [0.1, 0.15) is 172 Å². The van der Waals surface area contributed by atoms with Gasteiger partial charge in [-0.15, -0.1) is 24.8 Å². The summed E-state index contributed by atoms with van der Waals surface area (Å²) in [6.07, 6.45) is 19.0. The SMILES string of the molecule is CC[C@H](CC[C@@H](C)C1CCC2C3CC=C4CC(OC(=O)CCC(=O)N(CCCC(C)(C)N)CCC(C)(C)N)CCC4(C)C3CCC21C)C(C)C.Cl.Cl. The molecule has 0 spiro atoms. The summed E-state index contributed by atoms with van der Waals surface area (Å²) in [7, 11) is 0. The van der Waals surface area contributed by atoms with Crippen molar-refractivity contribution in [1.82, 2.24) is 4.90 Å². The van der Waals surface area contributed by atoms with Crippen LogP contribution in [0.4, 0.5) is 0 Å². The van der Waals surface area contributed by atoms with Crippen LogP contribution in [0.25, 0.3) is 0 Å². The molecule has 0 saturated heterocycles. The van der Waals surface area contributed by atoms with Gasteiger partial charge >= 0.3 is 5.97 Å². The maximum Gasteiger partial charge on any atom is 0.306 e. The van der Waals surface area contributed by atoms with Crippen LogP contribution in [-0.4, -0.2) is 47.0 Å². The molecule has 3 saturated carbocycles. The Morgan fingerprint density at radius 3 is 2.19 bits per heavy atom. The molecular weight excluding hydrogens is 689 g/mol. The highest BCUT2D eigenvalue weighted by molar-refractivity contribution is 5.85. The number of hydrogen-bond donors (Lipinski definition) is 2. The van der Waals surface area contributed by atoms with E-state index in [2.05, 4.69) is 47.6 Å². The second kappa shape index (κ2) is 19.4. The molecule has 304 valence electrons. The fraction of sp³-hybridized carbons (Fsp3) is 0.909. The van der Waals surface area contributed by atoms with Crippen LogP contribution in [-0.2, 0) is 14.3 Å². The van der Waals surface area contributed by atoms with Gasteiger partial charge in [0.05, 0.1) is 6.42 Å². The highest BCUT2D eigenvalue weighted by atomic mass is 35.5. The van der Waals surface area contributed by atoms with Gasteiger partial charge in [0.15, 0.2) is 0 Å². The number of fused-ring (bicyclic) bond motifs is 5. The van der Waals surface area contributed by atoms with E-state index in [-0.39, 0.29) is 72.1 Å². The zero-order valence-electron chi connectivity index (χ0n) is 35.1. The molecule has 4 aliphatic carbocycles. The number of nitrogens with zero attached hydrogens (tertiary/aromatic N) is 1. The molecule has 0 aliphatic heterocycles. The van der Waals surface area contributed by atoms with E-state index in [1.165, 1.54) is 51.4 Å². The maximum atomic E-state index is 13.3. The van der Waals surface area contributed by atoms with E-state index >= 15 is 0 Å². The summed E-state index contributed by atoms with van der Waals surface area (Å²) < 4.78 is 6.09. The van der Waals surface area contributed by atoms with Crippen LogP contribution < -0.4 is 11.5 Å². The smallest absolute Gasteiger partial charge is 0.306 e. The van der Waals surface area contributed by atoms with Gasteiger partial charge in [-0.05, 0) is 151 Å². The fourth-order valence-electron chi connectivity index (χ4n) is 11.5. The molecule has 4 rings (SSSR count). The Balaban J connectivity index is 0.00000468. The molecule has 0 radical (unpaired) electrons. The number of carbonyl (C=O) groups is 2. The number of carbonyl (C=O) groups excluding carboxylic acids is 2. The van der Waals surface area contributed by atoms with Gasteiger partial charge in [0.2, 0.25) is 5.91 Å². The van der Waals surface area contributed by atoms with Crippen molar-refractivity contribution in [2.45, 2.75) is 189 Å². The normalized spacial score (nSPS) is 31.2. The average molecular weight is 771 g/mol. The second-order valence-corrected chi connectivity index (χ2v) is 20.0. The van der Waals surface area contributed by atoms with Crippen LogP contribution in [0.2, 0.25) is 0 Å². The topological polar surface area (TPSA) is 98.7 Å². The highest BCUT2D eigenvalue weighted by Crippen LogP contribution is 2.67. The van der Waals surface area contributed by atoms with E-state index in [1.807, 2.05) is 32.6 Å². The quantitative estimate of drug-likeness (QED) is 0.113. The largest absolute Gasteiger partial charge is 0.462 e. The standard InChI is InChI=1S/C44H79N3O3.2ClH/c1-11-32(30(2)3)14-13-31(4)36-17-18-37-35-16-15-33-29-34(21-24-43(33,9)38(35)22-25-44(36,37)10)50-40(49)20-19-39(48)47(28-26-42(7,8)46)27-12-23-41(5,6)45;;/h15,30-32,34-38H,11-14,16-29,45-46H2,1-10H3;2*1H/t31-,32-,34?,35?,36?,37?,38?,43?,44?;;/m1../s1. The lowest BCUT2D eigenvalue weighted by atomic mass is 9.47. The molecule has 9 atom stereocenters. The minimum absolute atomic E-state index is 0. The predicted octanol–water partition coefficient (Wildman–Crippen LogP) is 10.7. The Morgan fingerprint density at radius 1 is 0.904 bits per heavy atom. The lowest BCUT2D eigenvalue weighted by Crippen LogP contribution is -2.51. The van der Waals surface area contributed by atoms with Gasteiger partial charge in [-0.1, -0.05) is 66.0 Å². The molecule has 0 aromatic rings. The molecule has 3 fully saturated rings. The zero-order chi connectivity index (χ0) is 37.1. The highest BCUT2D eigenvalue weighted by Gasteiger charge is 2.59. The third kappa shape index (κ3) is 11.8. The molecule has 1 amide bonds. The summed E-state index contributed by atoms with van der Waals surface area (Å²) in [5.41, 5.74) is 14.1. The van der Waals surface area contributed by atoms with E-state index in [4.69, 9.17) is 16.2 Å². The van der Waals surface area contributed by atoms with Gasteiger partial charge in [-0.25, -0.2) is 0 Å². The summed E-state index contributed by atoms with van der Waals surface area (Å²) in [6, 6.07) is 0. The third-order valence-electron chi connectivity index (χ3n) is 14.7. The van der Waals surface area contributed by atoms with Gasteiger partial charge in [0, 0.05) is 37.0 Å². The second-order valence-electron chi connectivity index (χ2n) is 20.0. The van der Waals surface area contributed by atoms with Crippen LogP contribution in [0.3, 0.4) is 0 Å². The molecule has 4 aliphatic rings. The first-order valence-corrected chi connectivity index (χ1v) is 21.0. The number of hydrogen-bond acceptors (Lipinski definition) is 5. The molecule has 0 aromatic heterocycles. The molecule has 8 heteroatoms. The first-order valence-electron chi connectivity index (χ1n) is 21.0. The molecular formula is C44H81Cl2N3O3. The zero-order valence-corrected chi connectivity index (χ0v) is 36.7. The van der Waals surface area contributed by atoms with Crippen LogP contribution in [0, 0.1) is 52.3 Å². The monoisotopic (exact) mass is 770 g/mol. The van der Waals surface area contributed by atoms with E-state index in [0.29, 0.717) is 24.9 Å². The third-order valence-corrected chi connectivity index (χ3v) is 14.7. The molecule has 0 heterocycles. The number of halogens is 2. The lowest BCUT2D eigenvalue weighted by Gasteiger charge is -2.58. The molecule has 4 N–H and O–H groups in total. The van der Waals surface area contributed by atoms with Gasteiger partial charge in [0.1, 0.15) is 6.10 Å². The molecule has 52 heavy (non-hydrogen) atoms. The summed E-state index contributed by atoms with van der Waals surface area (Å²) in [4.78, 5) is 28.2. The Bertz CT molecular complexity index is 1180. The number of ether oxygens (including phenoxy) is 1. The molecule has 0 bridgehead atoms. The minimum atomic E-state index is -0.352. The van der Waals surface area contributed by atoms with Crippen molar-refractivity contribution in [2.75, 3.05) is 13.1 Å². The van der Waals surface area contributed by atoms with Crippen molar-refractivity contribution in [3.05, 3.63) is 11.6 Å². The average Bonchev–Trinajstić information content (AvgIpc) is 3.38. The summed E-state index contributed by atoms with van der Waals surface area (Å²) >= 11 is 0. The Labute approximate surface area is 332 Å². The van der Waals surface area contributed by atoms with E-state index in [9.17, 15) is 9.59 Å². The van der Waals surface area contributed by atoms with Gasteiger partial charge in [-0.2, -0.15) is 0 Å². The number of amides is 1. The van der Waals surface area contributed by atoms with Crippen molar-refractivity contribution >= 4 is 36.7 Å². The molecule has 0 aromatic carbocycles. The van der Waals surface area contributed by atoms with Crippen LogP contribution >= 0.6 is 24.8 Å². The first kappa shape index (κ1) is 47.3.